The normalized spacial score (nSPS) is 17.7. The Morgan fingerprint density at radius 3 is 2.68 bits per heavy atom. The maximum atomic E-state index is 13.6. The van der Waals surface area contributed by atoms with E-state index in [1.807, 2.05) is 0 Å². The predicted octanol–water partition coefficient (Wildman–Crippen LogP) is 2.22. The van der Waals surface area contributed by atoms with E-state index in [0.717, 1.165) is 23.8 Å². The predicted molar refractivity (Wildman–Crippen MR) is 97.1 cm³/mol. The Hall–Kier alpha value is -2.68. The second-order valence-electron chi connectivity index (χ2n) is 6.76. The molecule has 2 aliphatic rings. The number of benzene rings is 1. The molecular formula is C18H19ClFN3O5. The summed E-state index contributed by atoms with van der Waals surface area (Å²) in [5.74, 6) is -2.51. The van der Waals surface area contributed by atoms with Gasteiger partial charge in [0.25, 0.3) is 11.8 Å². The van der Waals surface area contributed by atoms with Crippen molar-refractivity contribution in [2.24, 2.45) is 0 Å². The van der Waals surface area contributed by atoms with Gasteiger partial charge in [-0.1, -0.05) is 24.4 Å². The van der Waals surface area contributed by atoms with Crippen molar-refractivity contribution in [3.8, 4) is 0 Å². The lowest BCUT2D eigenvalue weighted by molar-refractivity contribution is -0.147. The number of hydrogen-bond acceptors (Lipinski definition) is 5. The van der Waals surface area contributed by atoms with Gasteiger partial charge in [0, 0.05) is 11.6 Å². The van der Waals surface area contributed by atoms with Gasteiger partial charge < -0.3 is 15.4 Å². The fourth-order valence-corrected chi connectivity index (χ4v) is 3.55. The summed E-state index contributed by atoms with van der Waals surface area (Å²) >= 11 is 5.63. The zero-order valence-corrected chi connectivity index (χ0v) is 15.7. The highest BCUT2D eigenvalue weighted by Crippen LogP contribution is 2.35. The second-order valence-corrected chi connectivity index (χ2v) is 7.20. The number of carbonyl (C=O) groups is 4. The minimum Gasteiger partial charge on any atom is -0.456 e. The number of imide groups is 1. The molecule has 2 N–H and O–H groups in total. The molecule has 1 saturated heterocycles. The number of esters is 1. The third kappa shape index (κ3) is 4.24. The molecule has 0 bridgehead atoms. The number of hydrogen-bond donors (Lipinski definition) is 2. The molecule has 8 nitrogen and oxygen atoms in total. The minimum atomic E-state index is -0.830. The summed E-state index contributed by atoms with van der Waals surface area (Å²) in [5, 5.41) is 5.16. The van der Waals surface area contributed by atoms with Crippen molar-refractivity contribution in [2.75, 3.05) is 18.5 Å². The van der Waals surface area contributed by atoms with E-state index in [1.54, 1.807) is 0 Å². The number of amides is 4. The van der Waals surface area contributed by atoms with Crippen LogP contribution in [-0.2, 0) is 19.1 Å². The first kappa shape index (κ1) is 20.1. The first-order valence-electron chi connectivity index (χ1n) is 8.85. The molecule has 1 aromatic rings. The number of urea groups is 1. The second kappa shape index (κ2) is 8.14. The van der Waals surface area contributed by atoms with Crippen LogP contribution in [0.4, 0.5) is 14.9 Å². The van der Waals surface area contributed by atoms with Crippen LogP contribution in [0.3, 0.4) is 0 Å². The first-order valence-corrected chi connectivity index (χ1v) is 9.23. The van der Waals surface area contributed by atoms with Crippen LogP contribution < -0.4 is 10.6 Å². The SMILES string of the molecule is O=C(COC(=O)CCN1C(=O)NC2(CCCC2)C1=O)Nc1ccc(Cl)cc1F. The molecule has 1 heterocycles. The molecule has 2 fully saturated rings. The number of halogens is 2. The number of carbonyl (C=O) groups excluding carboxylic acids is 4. The number of nitrogens with one attached hydrogen (secondary N) is 2. The van der Waals surface area contributed by atoms with E-state index in [4.69, 9.17) is 16.3 Å². The van der Waals surface area contributed by atoms with Crippen LogP contribution in [0, 0.1) is 5.82 Å². The van der Waals surface area contributed by atoms with Gasteiger partial charge in [0.05, 0.1) is 12.1 Å². The van der Waals surface area contributed by atoms with Crippen molar-refractivity contribution >= 4 is 41.1 Å². The van der Waals surface area contributed by atoms with Gasteiger partial charge in [0.2, 0.25) is 0 Å². The largest absolute Gasteiger partial charge is 0.456 e. The molecule has 1 saturated carbocycles. The molecule has 1 spiro atoms. The number of rotatable bonds is 6. The van der Waals surface area contributed by atoms with Crippen LogP contribution in [0.15, 0.2) is 18.2 Å². The summed E-state index contributed by atoms with van der Waals surface area (Å²) in [5.41, 5.74) is -0.921. The van der Waals surface area contributed by atoms with Gasteiger partial charge in [-0.25, -0.2) is 9.18 Å². The first-order chi connectivity index (χ1) is 13.3. The van der Waals surface area contributed by atoms with Crippen LogP contribution >= 0.6 is 11.6 Å². The van der Waals surface area contributed by atoms with Crippen molar-refractivity contribution in [1.29, 1.82) is 0 Å². The zero-order chi connectivity index (χ0) is 20.3. The third-order valence-corrected chi connectivity index (χ3v) is 5.05. The molecule has 1 aliphatic carbocycles. The lowest BCUT2D eigenvalue weighted by Gasteiger charge is -2.19. The van der Waals surface area contributed by atoms with Crippen LogP contribution in [0.1, 0.15) is 32.1 Å². The molecule has 1 aliphatic heterocycles. The molecule has 0 aromatic heterocycles. The highest BCUT2D eigenvalue weighted by Gasteiger charge is 2.52. The van der Waals surface area contributed by atoms with Gasteiger partial charge >= 0.3 is 12.0 Å². The summed E-state index contributed by atoms with van der Waals surface area (Å²) in [6.45, 7) is -0.746. The highest BCUT2D eigenvalue weighted by molar-refractivity contribution is 6.30. The molecule has 0 unspecified atom stereocenters. The van der Waals surface area contributed by atoms with Crippen LogP contribution in [0.2, 0.25) is 5.02 Å². The minimum absolute atomic E-state index is 0.0911. The van der Waals surface area contributed by atoms with Crippen molar-refractivity contribution in [1.82, 2.24) is 10.2 Å². The Kier molecular flexibility index (Phi) is 5.83. The fraction of sp³-hybridized carbons (Fsp3) is 0.444. The molecule has 28 heavy (non-hydrogen) atoms. The summed E-state index contributed by atoms with van der Waals surface area (Å²) in [6, 6.07) is 3.21. The van der Waals surface area contributed by atoms with E-state index < -0.39 is 35.9 Å². The Morgan fingerprint density at radius 2 is 2.00 bits per heavy atom. The van der Waals surface area contributed by atoms with Gasteiger partial charge in [0.1, 0.15) is 11.4 Å². The van der Waals surface area contributed by atoms with E-state index in [-0.39, 0.29) is 29.6 Å². The maximum Gasteiger partial charge on any atom is 0.325 e. The monoisotopic (exact) mass is 411 g/mol. The Morgan fingerprint density at radius 1 is 1.29 bits per heavy atom. The van der Waals surface area contributed by atoms with Crippen molar-refractivity contribution < 1.29 is 28.3 Å². The third-order valence-electron chi connectivity index (χ3n) is 4.81. The summed E-state index contributed by atoms with van der Waals surface area (Å²) in [6.07, 6.45) is 2.69. The van der Waals surface area contributed by atoms with Crippen molar-refractivity contribution in [3.05, 3.63) is 29.0 Å². The molecule has 4 amide bonds. The smallest absolute Gasteiger partial charge is 0.325 e. The van der Waals surface area contributed by atoms with Crippen LogP contribution in [-0.4, -0.2) is 47.4 Å². The van der Waals surface area contributed by atoms with Crippen LogP contribution in [0.25, 0.3) is 0 Å². The van der Waals surface area contributed by atoms with Crippen molar-refractivity contribution in [2.45, 2.75) is 37.6 Å². The molecule has 10 heteroatoms. The van der Waals surface area contributed by atoms with Crippen molar-refractivity contribution in [3.63, 3.8) is 0 Å². The molecule has 3 rings (SSSR count). The maximum absolute atomic E-state index is 13.6. The zero-order valence-electron chi connectivity index (χ0n) is 14.9. The van der Waals surface area contributed by atoms with E-state index in [2.05, 4.69) is 10.6 Å². The average Bonchev–Trinajstić information content (AvgIpc) is 3.20. The Bertz CT molecular complexity index is 825. The molecular weight excluding hydrogens is 393 g/mol. The number of nitrogens with zero attached hydrogens (tertiary/aromatic N) is 1. The van der Waals surface area contributed by atoms with Gasteiger partial charge in [-0.3, -0.25) is 19.3 Å². The summed E-state index contributed by atoms with van der Waals surface area (Å²) < 4.78 is 18.4. The van der Waals surface area contributed by atoms with Gasteiger partial charge in [-0.2, -0.15) is 0 Å². The Balaban J connectivity index is 1.44. The van der Waals surface area contributed by atoms with Crippen LogP contribution in [0.5, 0.6) is 0 Å². The number of ether oxygens (including phenoxy) is 1. The standard InChI is InChI=1S/C18H19ClFN3O5/c19-11-3-4-13(12(20)9-11)21-14(24)10-28-15(25)5-8-23-16(26)18(22-17(23)27)6-1-2-7-18/h3-4,9H,1-2,5-8,10H2,(H,21,24)(H,22,27). The van der Waals surface area contributed by atoms with E-state index in [0.29, 0.717) is 12.8 Å². The summed E-state index contributed by atoms with van der Waals surface area (Å²) in [4.78, 5) is 49.1. The number of anilines is 1. The van der Waals surface area contributed by atoms with Gasteiger partial charge in [-0.05, 0) is 31.0 Å². The van der Waals surface area contributed by atoms with Gasteiger partial charge in [0.15, 0.2) is 6.61 Å². The lowest BCUT2D eigenvalue weighted by atomic mass is 9.98. The average molecular weight is 412 g/mol. The molecule has 150 valence electrons. The van der Waals surface area contributed by atoms with E-state index in [9.17, 15) is 23.6 Å². The molecule has 0 atom stereocenters. The summed E-state index contributed by atoms with van der Waals surface area (Å²) in [7, 11) is 0. The molecule has 1 aromatic carbocycles. The van der Waals surface area contributed by atoms with E-state index in [1.165, 1.54) is 12.1 Å². The molecule has 0 radical (unpaired) electrons. The fourth-order valence-electron chi connectivity index (χ4n) is 3.40. The van der Waals surface area contributed by atoms with Gasteiger partial charge in [-0.15, -0.1) is 0 Å². The lowest BCUT2D eigenvalue weighted by Crippen LogP contribution is -2.44. The van der Waals surface area contributed by atoms with E-state index >= 15 is 0 Å². The quantitative estimate of drug-likeness (QED) is 0.551. The highest BCUT2D eigenvalue weighted by atomic mass is 35.5. The Labute approximate surface area is 165 Å². The topological polar surface area (TPSA) is 105 Å².